The molecule has 0 aromatic carbocycles. The molecule has 4 nitrogen and oxygen atoms in total. The number of rotatable bonds is 0. The standard InChI is InChI=1S/C15H6N4/c1-18-12-6-14-4-10(8-16)2-13-3-11(9-17)5-15(7-12)19(13)14/h2-7H. The van der Waals surface area contributed by atoms with Crippen LogP contribution < -0.4 is 0 Å². The van der Waals surface area contributed by atoms with Crippen molar-refractivity contribution in [1.29, 1.82) is 10.5 Å². The lowest BCUT2D eigenvalue weighted by molar-refractivity contribution is 0.558. The van der Waals surface area contributed by atoms with Gasteiger partial charge in [-0.2, -0.15) is 10.5 Å². The average Bonchev–Trinajstić information content (AvgIpc) is 2.46. The third-order valence-electron chi connectivity index (χ3n) is 2.97. The maximum Gasteiger partial charge on any atom is 0.191 e. The van der Waals surface area contributed by atoms with E-state index in [0.29, 0.717) is 16.8 Å². The first kappa shape index (κ1) is 10.8. The van der Waals surface area contributed by atoms with E-state index in [1.54, 1.807) is 36.5 Å². The summed E-state index contributed by atoms with van der Waals surface area (Å²) in [7, 11) is 0. The first-order chi connectivity index (χ1) is 9.25. The molecular formula is C15H6N4. The Morgan fingerprint density at radius 3 is 1.89 bits per heavy atom. The van der Waals surface area contributed by atoms with Crippen molar-refractivity contribution in [2.45, 2.75) is 0 Å². The molecule has 0 N–H and O–H groups in total. The van der Waals surface area contributed by atoms with Crippen molar-refractivity contribution in [3.8, 4) is 12.1 Å². The molecular weight excluding hydrogens is 236 g/mol. The molecule has 0 spiro atoms. The second-order valence-electron chi connectivity index (χ2n) is 4.15. The van der Waals surface area contributed by atoms with Crippen LogP contribution in [-0.2, 0) is 0 Å². The predicted molar refractivity (Wildman–Crippen MR) is 68.2 cm³/mol. The van der Waals surface area contributed by atoms with Crippen LogP contribution in [0.2, 0.25) is 0 Å². The fourth-order valence-corrected chi connectivity index (χ4v) is 2.22. The van der Waals surface area contributed by atoms with Gasteiger partial charge in [-0.05, 0) is 36.5 Å². The van der Waals surface area contributed by atoms with Gasteiger partial charge in [-0.15, -0.1) is 0 Å². The number of nitrogens with zero attached hydrogens (tertiary/aromatic N) is 4. The molecule has 0 radical (unpaired) electrons. The summed E-state index contributed by atoms with van der Waals surface area (Å²) >= 11 is 0. The molecule has 0 saturated heterocycles. The Labute approximate surface area is 110 Å². The molecule has 86 valence electrons. The molecule has 3 aliphatic rings. The van der Waals surface area contributed by atoms with Gasteiger partial charge in [0.25, 0.3) is 0 Å². The molecule has 0 bridgehead atoms. The highest BCUT2D eigenvalue weighted by Crippen LogP contribution is 2.37. The summed E-state index contributed by atoms with van der Waals surface area (Å²) in [5.41, 5.74) is 3.85. The Morgan fingerprint density at radius 2 is 1.37 bits per heavy atom. The lowest BCUT2D eigenvalue weighted by Gasteiger charge is -2.35. The van der Waals surface area contributed by atoms with Crippen LogP contribution >= 0.6 is 0 Å². The van der Waals surface area contributed by atoms with Crippen LogP contribution in [0, 0.1) is 29.2 Å². The Bertz CT molecular complexity index is 683. The number of allylic oxidation sites excluding steroid dienone is 8. The fourth-order valence-electron chi connectivity index (χ4n) is 2.22. The minimum atomic E-state index is 0.492. The van der Waals surface area contributed by atoms with Gasteiger partial charge in [0.1, 0.15) is 0 Å². The zero-order valence-electron chi connectivity index (χ0n) is 9.75. The molecule has 0 saturated carbocycles. The van der Waals surface area contributed by atoms with Gasteiger partial charge in [0.05, 0.1) is 29.9 Å². The predicted octanol–water partition coefficient (Wildman–Crippen LogP) is 2.68. The summed E-state index contributed by atoms with van der Waals surface area (Å²) in [6.07, 6.45) is 10.4. The van der Waals surface area contributed by atoms with Gasteiger partial charge in [0.2, 0.25) is 0 Å². The van der Waals surface area contributed by atoms with E-state index < -0.39 is 0 Å². The summed E-state index contributed by atoms with van der Waals surface area (Å²) in [5.74, 6) is 0. The SMILES string of the molecule is [C-]#[N+]C1=CC2=CC(C#N)=CC3=CC(C#N)=CC(=C1)N32. The normalized spacial score (nSPS) is 19.1. The van der Waals surface area contributed by atoms with E-state index in [2.05, 4.69) is 17.0 Å². The quantitative estimate of drug-likeness (QED) is 0.613. The Balaban J connectivity index is 2.26. The number of nitriles is 2. The molecule has 3 heterocycles. The van der Waals surface area contributed by atoms with E-state index >= 15 is 0 Å². The zero-order valence-corrected chi connectivity index (χ0v) is 9.75. The van der Waals surface area contributed by atoms with Gasteiger partial charge < -0.3 is 4.90 Å². The van der Waals surface area contributed by atoms with Crippen LogP contribution in [-0.4, -0.2) is 4.90 Å². The highest BCUT2D eigenvalue weighted by molar-refractivity contribution is 5.61. The topological polar surface area (TPSA) is 55.2 Å². The Kier molecular flexibility index (Phi) is 2.21. The van der Waals surface area contributed by atoms with Crippen molar-refractivity contribution in [3.63, 3.8) is 0 Å². The van der Waals surface area contributed by atoms with E-state index in [4.69, 9.17) is 17.1 Å². The summed E-state index contributed by atoms with van der Waals surface area (Å²) < 4.78 is 0. The van der Waals surface area contributed by atoms with Gasteiger partial charge >= 0.3 is 0 Å². The van der Waals surface area contributed by atoms with Crippen molar-refractivity contribution < 1.29 is 0 Å². The van der Waals surface area contributed by atoms with E-state index in [1.165, 1.54) is 0 Å². The van der Waals surface area contributed by atoms with Crippen molar-refractivity contribution in [1.82, 2.24) is 4.90 Å². The largest absolute Gasteiger partial charge is 0.313 e. The van der Waals surface area contributed by atoms with E-state index in [9.17, 15) is 0 Å². The maximum absolute atomic E-state index is 9.04. The van der Waals surface area contributed by atoms with Gasteiger partial charge in [0, 0.05) is 17.1 Å². The highest BCUT2D eigenvalue weighted by Gasteiger charge is 2.26. The van der Waals surface area contributed by atoms with E-state index in [-0.39, 0.29) is 0 Å². The zero-order chi connectivity index (χ0) is 13.4. The minimum Gasteiger partial charge on any atom is -0.313 e. The van der Waals surface area contributed by atoms with Crippen LogP contribution in [0.25, 0.3) is 4.85 Å². The first-order valence-corrected chi connectivity index (χ1v) is 5.53. The maximum atomic E-state index is 9.04. The van der Waals surface area contributed by atoms with Crippen LogP contribution in [0.15, 0.2) is 70.4 Å². The summed E-state index contributed by atoms with van der Waals surface area (Å²) in [4.78, 5) is 5.35. The lowest BCUT2D eigenvalue weighted by Crippen LogP contribution is -2.26. The molecule has 0 aromatic rings. The third kappa shape index (κ3) is 1.59. The van der Waals surface area contributed by atoms with Gasteiger partial charge in [-0.1, -0.05) is 0 Å². The molecule has 0 atom stereocenters. The summed E-state index contributed by atoms with van der Waals surface area (Å²) in [6.45, 7) is 7.11. The molecule has 3 rings (SSSR count). The third-order valence-corrected chi connectivity index (χ3v) is 2.97. The summed E-state index contributed by atoms with van der Waals surface area (Å²) in [6, 6.07) is 4.19. The molecule has 0 aliphatic carbocycles. The second-order valence-corrected chi connectivity index (χ2v) is 4.15. The van der Waals surface area contributed by atoms with Crippen LogP contribution in [0.3, 0.4) is 0 Å². The summed E-state index contributed by atoms with van der Waals surface area (Å²) in [5, 5.41) is 18.1. The molecule has 0 aromatic heterocycles. The minimum absolute atomic E-state index is 0.492. The monoisotopic (exact) mass is 242 g/mol. The van der Waals surface area contributed by atoms with Crippen LogP contribution in [0.1, 0.15) is 0 Å². The molecule has 0 fully saturated rings. The Hall–Kier alpha value is -3.29. The first-order valence-electron chi connectivity index (χ1n) is 5.53. The fraction of sp³-hybridized carbons (Fsp3) is 0. The van der Waals surface area contributed by atoms with Crippen molar-refractivity contribution in [2.24, 2.45) is 0 Å². The lowest BCUT2D eigenvalue weighted by atomic mass is 9.97. The number of hydrogen-bond donors (Lipinski definition) is 0. The van der Waals surface area contributed by atoms with Crippen LogP contribution in [0.5, 0.6) is 0 Å². The van der Waals surface area contributed by atoms with Crippen LogP contribution in [0.4, 0.5) is 0 Å². The second kappa shape index (κ2) is 3.88. The van der Waals surface area contributed by atoms with Crippen molar-refractivity contribution >= 4 is 0 Å². The van der Waals surface area contributed by atoms with Crippen molar-refractivity contribution in [2.75, 3.05) is 0 Å². The molecule has 3 aliphatic heterocycles. The van der Waals surface area contributed by atoms with Gasteiger partial charge in [-0.25, -0.2) is 4.85 Å². The van der Waals surface area contributed by atoms with E-state index in [0.717, 1.165) is 17.1 Å². The molecule has 19 heavy (non-hydrogen) atoms. The van der Waals surface area contributed by atoms with E-state index in [1.807, 2.05) is 4.90 Å². The molecule has 0 unspecified atom stereocenters. The smallest absolute Gasteiger partial charge is 0.191 e. The average molecular weight is 242 g/mol. The van der Waals surface area contributed by atoms with Gasteiger partial charge in [0.15, 0.2) is 5.70 Å². The molecule has 0 amide bonds. The Morgan fingerprint density at radius 1 is 0.842 bits per heavy atom. The number of hydrogen-bond acceptors (Lipinski definition) is 3. The van der Waals surface area contributed by atoms with Gasteiger partial charge in [-0.3, -0.25) is 0 Å². The van der Waals surface area contributed by atoms with Crippen molar-refractivity contribution in [3.05, 3.63) is 81.8 Å². The highest BCUT2D eigenvalue weighted by atomic mass is 15.2. The molecule has 4 heteroatoms.